The van der Waals surface area contributed by atoms with Crippen LogP contribution in [0.25, 0.3) is 0 Å². The highest BCUT2D eigenvalue weighted by Gasteiger charge is 2.15. The molecule has 0 saturated carbocycles. The molecule has 20 heavy (non-hydrogen) atoms. The molecule has 1 N–H and O–H groups in total. The van der Waals surface area contributed by atoms with Gasteiger partial charge in [0.2, 0.25) is 5.95 Å². The van der Waals surface area contributed by atoms with Gasteiger partial charge in [0.15, 0.2) is 0 Å². The van der Waals surface area contributed by atoms with Crippen LogP contribution in [0.5, 0.6) is 0 Å². The second-order valence-corrected chi connectivity index (χ2v) is 5.61. The summed E-state index contributed by atoms with van der Waals surface area (Å²) in [5.41, 5.74) is 0. The van der Waals surface area contributed by atoms with Crippen LogP contribution in [0.2, 0.25) is 0 Å². The molecule has 2 rings (SSSR count). The first kappa shape index (κ1) is 15.0. The predicted molar refractivity (Wildman–Crippen MR) is 83.4 cm³/mol. The fraction of sp³-hybridized carbons (Fsp3) is 0.714. The number of likely N-dealkylation sites (N-methyl/N-ethyl adjacent to an activating group) is 1. The van der Waals surface area contributed by atoms with Crippen molar-refractivity contribution >= 4 is 11.8 Å². The van der Waals surface area contributed by atoms with E-state index in [4.69, 9.17) is 0 Å². The molecule has 1 saturated heterocycles. The first-order valence-electron chi connectivity index (χ1n) is 7.30. The Hall–Kier alpha value is -1.40. The van der Waals surface area contributed by atoms with Gasteiger partial charge in [-0.15, -0.1) is 0 Å². The van der Waals surface area contributed by atoms with E-state index in [9.17, 15) is 0 Å². The smallest absolute Gasteiger partial charge is 0.224 e. The van der Waals surface area contributed by atoms with Crippen LogP contribution in [0.4, 0.5) is 11.8 Å². The summed E-state index contributed by atoms with van der Waals surface area (Å²) in [7, 11) is 6.34. The summed E-state index contributed by atoms with van der Waals surface area (Å²) in [5.74, 6) is 1.77. The van der Waals surface area contributed by atoms with Gasteiger partial charge in [0.25, 0.3) is 0 Å². The third-order valence-corrected chi connectivity index (χ3v) is 3.53. The molecule has 0 spiro atoms. The van der Waals surface area contributed by atoms with Gasteiger partial charge < -0.3 is 20.0 Å². The van der Waals surface area contributed by atoms with Gasteiger partial charge in [-0.25, -0.2) is 4.98 Å². The van der Waals surface area contributed by atoms with Crippen LogP contribution >= 0.6 is 0 Å². The van der Waals surface area contributed by atoms with E-state index in [1.807, 2.05) is 12.3 Å². The molecule has 0 bridgehead atoms. The lowest BCUT2D eigenvalue weighted by Crippen LogP contribution is -2.44. The van der Waals surface area contributed by atoms with Gasteiger partial charge in [0.05, 0.1) is 0 Å². The zero-order valence-corrected chi connectivity index (χ0v) is 12.8. The van der Waals surface area contributed by atoms with Crippen molar-refractivity contribution < 1.29 is 0 Å². The largest absolute Gasteiger partial charge is 0.354 e. The maximum Gasteiger partial charge on any atom is 0.224 e. The summed E-state index contributed by atoms with van der Waals surface area (Å²) >= 11 is 0. The van der Waals surface area contributed by atoms with Crippen molar-refractivity contribution in [3.63, 3.8) is 0 Å². The molecule has 6 heteroatoms. The van der Waals surface area contributed by atoms with Gasteiger partial charge in [-0.05, 0) is 40.2 Å². The molecular formula is C14H26N6. The molecule has 0 unspecified atom stereocenters. The Morgan fingerprint density at radius 3 is 2.70 bits per heavy atom. The first-order valence-corrected chi connectivity index (χ1v) is 7.30. The molecule has 1 fully saturated rings. The minimum atomic E-state index is 0.736. The van der Waals surface area contributed by atoms with Gasteiger partial charge in [0.1, 0.15) is 5.82 Å². The third kappa shape index (κ3) is 4.61. The number of hydrogen-bond donors (Lipinski definition) is 1. The van der Waals surface area contributed by atoms with Crippen molar-refractivity contribution in [1.82, 2.24) is 19.8 Å². The molecule has 1 aromatic rings. The van der Waals surface area contributed by atoms with Crippen molar-refractivity contribution in [1.29, 1.82) is 0 Å². The maximum atomic E-state index is 4.61. The highest BCUT2D eigenvalue weighted by atomic mass is 15.3. The molecule has 1 aliphatic heterocycles. The topological polar surface area (TPSA) is 47.5 Å². The number of aromatic nitrogens is 2. The van der Waals surface area contributed by atoms with Crippen molar-refractivity contribution in [2.24, 2.45) is 0 Å². The second-order valence-electron chi connectivity index (χ2n) is 5.61. The Balaban J connectivity index is 1.84. The number of rotatable bonds is 6. The molecule has 112 valence electrons. The number of piperazine rings is 1. The summed E-state index contributed by atoms with van der Waals surface area (Å²) in [6.45, 7) is 6.24. The van der Waals surface area contributed by atoms with Crippen molar-refractivity contribution in [3.05, 3.63) is 12.3 Å². The number of anilines is 2. The Kier molecular flexibility index (Phi) is 5.55. The molecule has 6 nitrogen and oxygen atoms in total. The van der Waals surface area contributed by atoms with Crippen molar-refractivity contribution in [3.8, 4) is 0 Å². The standard InChI is InChI=1S/C14H26N6/c1-18(2)8-4-6-15-14-16-7-5-13(17-14)20-11-9-19(3)10-12-20/h5,7H,4,6,8-12H2,1-3H3,(H,15,16,17). The van der Waals surface area contributed by atoms with Crippen molar-refractivity contribution in [2.75, 3.05) is 70.6 Å². The Morgan fingerprint density at radius 1 is 1.25 bits per heavy atom. The number of nitrogens with zero attached hydrogens (tertiary/aromatic N) is 5. The highest BCUT2D eigenvalue weighted by Crippen LogP contribution is 2.14. The summed E-state index contributed by atoms with van der Waals surface area (Å²) in [5, 5.41) is 3.30. The van der Waals surface area contributed by atoms with Gasteiger partial charge in [-0.3, -0.25) is 0 Å². The summed E-state index contributed by atoms with van der Waals surface area (Å²) in [6, 6.07) is 2.00. The van der Waals surface area contributed by atoms with E-state index in [1.165, 1.54) is 0 Å². The summed E-state index contributed by atoms with van der Waals surface area (Å²) in [6.07, 6.45) is 2.93. The Labute approximate surface area is 121 Å². The molecular weight excluding hydrogens is 252 g/mol. The Bertz CT molecular complexity index is 400. The van der Waals surface area contributed by atoms with Crippen LogP contribution in [-0.2, 0) is 0 Å². The quantitative estimate of drug-likeness (QED) is 0.769. The van der Waals surface area contributed by atoms with Gasteiger partial charge >= 0.3 is 0 Å². The molecule has 0 amide bonds. The van der Waals surface area contributed by atoms with E-state index in [0.29, 0.717) is 0 Å². The molecule has 0 radical (unpaired) electrons. The average Bonchev–Trinajstić information content (AvgIpc) is 2.44. The highest BCUT2D eigenvalue weighted by molar-refractivity contribution is 5.42. The maximum absolute atomic E-state index is 4.61. The van der Waals surface area contributed by atoms with Gasteiger partial charge in [-0.1, -0.05) is 0 Å². The zero-order valence-electron chi connectivity index (χ0n) is 12.8. The SMILES string of the molecule is CN(C)CCCNc1nccc(N2CCN(C)CC2)n1. The van der Waals surface area contributed by atoms with Gasteiger partial charge in [-0.2, -0.15) is 4.98 Å². The molecule has 0 atom stereocenters. The first-order chi connectivity index (χ1) is 9.65. The molecule has 1 aliphatic rings. The summed E-state index contributed by atoms with van der Waals surface area (Å²) < 4.78 is 0. The van der Waals surface area contributed by atoms with Crippen LogP contribution < -0.4 is 10.2 Å². The summed E-state index contributed by atoms with van der Waals surface area (Å²) in [4.78, 5) is 15.8. The lowest BCUT2D eigenvalue weighted by Gasteiger charge is -2.33. The normalized spacial score (nSPS) is 16.7. The molecule has 0 aliphatic carbocycles. The molecule has 1 aromatic heterocycles. The van der Waals surface area contributed by atoms with Crippen LogP contribution in [0.3, 0.4) is 0 Å². The monoisotopic (exact) mass is 278 g/mol. The Morgan fingerprint density at radius 2 is 2.00 bits per heavy atom. The van der Waals surface area contributed by atoms with E-state index < -0.39 is 0 Å². The molecule has 0 aromatic carbocycles. The lowest BCUT2D eigenvalue weighted by atomic mass is 10.3. The molecule has 2 heterocycles. The van der Waals surface area contributed by atoms with Crippen molar-refractivity contribution in [2.45, 2.75) is 6.42 Å². The third-order valence-electron chi connectivity index (χ3n) is 3.53. The number of nitrogens with one attached hydrogen (secondary N) is 1. The van der Waals surface area contributed by atoms with Gasteiger partial charge in [0, 0.05) is 38.9 Å². The fourth-order valence-corrected chi connectivity index (χ4v) is 2.24. The fourth-order valence-electron chi connectivity index (χ4n) is 2.24. The van der Waals surface area contributed by atoms with E-state index in [-0.39, 0.29) is 0 Å². The van der Waals surface area contributed by atoms with E-state index in [0.717, 1.165) is 57.5 Å². The van der Waals surface area contributed by atoms with E-state index in [1.54, 1.807) is 0 Å². The van der Waals surface area contributed by atoms with Crippen LogP contribution in [0.1, 0.15) is 6.42 Å². The predicted octanol–water partition coefficient (Wildman–Crippen LogP) is 0.592. The minimum Gasteiger partial charge on any atom is -0.354 e. The average molecular weight is 278 g/mol. The van der Waals surface area contributed by atoms with E-state index in [2.05, 4.69) is 51.1 Å². The zero-order chi connectivity index (χ0) is 14.4. The van der Waals surface area contributed by atoms with Crippen LogP contribution in [0, 0.1) is 0 Å². The number of hydrogen-bond acceptors (Lipinski definition) is 6. The van der Waals surface area contributed by atoms with Crippen LogP contribution in [0.15, 0.2) is 12.3 Å². The lowest BCUT2D eigenvalue weighted by molar-refractivity contribution is 0.312. The van der Waals surface area contributed by atoms with E-state index >= 15 is 0 Å². The minimum absolute atomic E-state index is 0.736. The van der Waals surface area contributed by atoms with Crippen LogP contribution in [-0.4, -0.2) is 80.2 Å². The second kappa shape index (κ2) is 7.40.